The second-order valence-electron chi connectivity index (χ2n) is 5.31. The molecule has 0 bridgehead atoms. The normalized spacial score (nSPS) is 21.0. The first kappa shape index (κ1) is 15.0. The Bertz CT molecular complexity index is 651. The number of rotatable bonds is 3. The standard InChI is InChI=1S/C16H13Cl3FN/c17-13-7-15(19)16(8-14(13)18)21-12-5-10(6-12)9-1-3-11(20)4-2-9/h1-4,7-8,10,12,21H,5-6H2. The van der Waals surface area contributed by atoms with Crippen molar-refractivity contribution < 1.29 is 4.39 Å². The third-order valence-corrected chi connectivity index (χ3v) is 4.88. The van der Waals surface area contributed by atoms with Gasteiger partial charge in [-0.15, -0.1) is 0 Å². The average Bonchev–Trinajstić information content (AvgIpc) is 2.40. The van der Waals surface area contributed by atoms with Crippen molar-refractivity contribution in [3.8, 4) is 0 Å². The molecule has 0 aromatic heterocycles. The minimum atomic E-state index is -0.199. The lowest BCUT2D eigenvalue weighted by atomic mass is 9.76. The molecule has 0 radical (unpaired) electrons. The van der Waals surface area contributed by atoms with Gasteiger partial charge in [-0.05, 0) is 48.6 Å². The van der Waals surface area contributed by atoms with Gasteiger partial charge >= 0.3 is 0 Å². The predicted molar refractivity (Wildman–Crippen MR) is 87.3 cm³/mol. The number of anilines is 1. The Morgan fingerprint density at radius 1 is 0.905 bits per heavy atom. The number of hydrogen-bond acceptors (Lipinski definition) is 1. The molecular formula is C16H13Cl3FN. The first-order chi connectivity index (χ1) is 10.0. The Hall–Kier alpha value is -0.960. The van der Waals surface area contributed by atoms with Crippen LogP contribution >= 0.6 is 34.8 Å². The van der Waals surface area contributed by atoms with Crippen LogP contribution in [0.4, 0.5) is 10.1 Å². The van der Waals surface area contributed by atoms with Gasteiger partial charge in [0.25, 0.3) is 0 Å². The zero-order chi connectivity index (χ0) is 15.0. The van der Waals surface area contributed by atoms with Gasteiger partial charge in [-0.25, -0.2) is 4.39 Å². The Morgan fingerprint density at radius 2 is 1.52 bits per heavy atom. The fourth-order valence-electron chi connectivity index (χ4n) is 2.60. The van der Waals surface area contributed by atoms with Crippen molar-refractivity contribution in [3.63, 3.8) is 0 Å². The first-order valence-electron chi connectivity index (χ1n) is 6.69. The van der Waals surface area contributed by atoms with E-state index in [1.54, 1.807) is 12.1 Å². The van der Waals surface area contributed by atoms with Crippen LogP contribution in [-0.4, -0.2) is 6.04 Å². The topological polar surface area (TPSA) is 12.0 Å². The van der Waals surface area contributed by atoms with Gasteiger partial charge < -0.3 is 5.32 Å². The summed E-state index contributed by atoms with van der Waals surface area (Å²) in [5.74, 6) is 0.264. The summed E-state index contributed by atoms with van der Waals surface area (Å²) < 4.78 is 12.9. The lowest BCUT2D eigenvalue weighted by molar-refractivity contribution is 0.374. The van der Waals surface area contributed by atoms with Crippen LogP contribution in [0, 0.1) is 5.82 Å². The Balaban J connectivity index is 1.62. The van der Waals surface area contributed by atoms with Crippen LogP contribution in [0.5, 0.6) is 0 Å². The number of nitrogens with one attached hydrogen (secondary N) is 1. The molecule has 0 heterocycles. The molecule has 5 heteroatoms. The highest BCUT2D eigenvalue weighted by Crippen LogP contribution is 2.40. The van der Waals surface area contributed by atoms with E-state index in [1.807, 2.05) is 12.1 Å². The van der Waals surface area contributed by atoms with Crippen LogP contribution in [0.25, 0.3) is 0 Å². The summed E-state index contributed by atoms with van der Waals surface area (Å²) in [5, 5.41) is 4.87. The molecule has 0 atom stereocenters. The fraction of sp³-hybridized carbons (Fsp3) is 0.250. The molecule has 1 aliphatic rings. The minimum absolute atomic E-state index is 0.199. The highest BCUT2D eigenvalue weighted by molar-refractivity contribution is 6.44. The lowest BCUT2D eigenvalue weighted by Crippen LogP contribution is -2.34. The van der Waals surface area contributed by atoms with E-state index in [2.05, 4.69) is 5.32 Å². The van der Waals surface area contributed by atoms with E-state index in [0.717, 1.165) is 18.5 Å². The van der Waals surface area contributed by atoms with Crippen LogP contribution < -0.4 is 5.32 Å². The molecule has 1 saturated carbocycles. The predicted octanol–water partition coefficient (Wildman–Crippen LogP) is 6.14. The van der Waals surface area contributed by atoms with Gasteiger partial charge in [0.05, 0.1) is 20.8 Å². The van der Waals surface area contributed by atoms with Crippen molar-refractivity contribution in [2.75, 3.05) is 5.32 Å². The molecule has 110 valence electrons. The van der Waals surface area contributed by atoms with Crippen molar-refractivity contribution in [1.82, 2.24) is 0 Å². The monoisotopic (exact) mass is 343 g/mol. The van der Waals surface area contributed by atoms with Gasteiger partial charge in [0, 0.05) is 6.04 Å². The molecule has 1 nitrogen and oxygen atoms in total. The quantitative estimate of drug-likeness (QED) is 0.659. The summed E-state index contributed by atoms with van der Waals surface area (Å²) in [6.07, 6.45) is 1.98. The number of hydrogen-bond donors (Lipinski definition) is 1. The van der Waals surface area contributed by atoms with Gasteiger partial charge in [-0.2, -0.15) is 0 Å². The van der Waals surface area contributed by atoms with Crippen molar-refractivity contribution in [2.24, 2.45) is 0 Å². The molecule has 0 unspecified atom stereocenters. The summed E-state index contributed by atoms with van der Waals surface area (Å²) in [7, 11) is 0. The van der Waals surface area contributed by atoms with E-state index in [4.69, 9.17) is 34.8 Å². The minimum Gasteiger partial charge on any atom is -0.381 e. The van der Waals surface area contributed by atoms with Gasteiger partial charge in [0.1, 0.15) is 5.82 Å². The molecule has 0 amide bonds. The number of halogens is 4. The van der Waals surface area contributed by atoms with Crippen LogP contribution in [0.1, 0.15) is 24.3 Å². The number of benzene rings is 2. The summed E-state index contributed by atoms with van der Waals surface area (Å²) in [5.41, 5.74) is 1.98. The molecule has 21 heavy (non-hydrogen) atoms. The van der Waals surface area contributed by atoms with Crippen LogP contribution in [0.2, 0.25) is 15.1 Å². The molecule has 1 aliphatic carbocycles. The zero-order valence-electron chi connectivity index (χ0n) is 11.0. The van der Waals surface area contributed by atoms with E-state index in [0.29, 0.717) is 27.0 Å². The molecule has 1 N–H and O–H groups in total. The Morgan fingerprint density at radius 3 is 2.19 bits per heavy atom. The van der Waals surface area contributed by atoms with Gasteiger partial charge in [-0.1, -0.05) is 46.9 Å². The summed E-state index contributed by atoms with van der Waals surface area (Å²) in [6.45, 7) is 0. The van der Waals surface area contributed by atoms with Crippen molar-refractivity contribution in [2.45, 2.75) is 24.8 Å². The molecular weight excluding hydrogens is 332 g/mol. The third-order valence-electron chi connectivity index (χ3n) is 3.85. The highest BCUT2D eigenvalue weighted by atomic mass is 35.5. The molecule has 2 aromatic rings. The van der Waals surface area contributed by atoms with E-state index >= 15 is 0 Å². The highest BCUT2D eigenvalue weighted by Gasteiger charge is 2.30. The van der Waals surface area contributed by atoms with Crippen LogP contribution in [0.3, 0.4) is 0 Å². The van der Waals surface area contributed by atoms with Gasteiger partial charge in [0.15, 0.2) is 0 Å². The lowest BCUT2D eigenvalue weighted by Gasteiger charge is -2.37. The second-order valence-corrected chi connectivity index (χ2v) is 6.53. The summed E-state index contributed by atoms with van der Waals surface area (Å²) >= 11 is 18.1. The van der Waals surface area contributed by atoms with Gasteiger partial charge in [0.2, 0.25) is 0 Å². The second kappa shape index (κ2) is 6.04. The van der Waals surface area contributed by atoms with Crippen molar-refractivity contribution in [1.29, 1.82) is 0 Å². The van der Waals surface area contributed by atoms with Crippen LogP contribution in [0.15, 0.2) is 36.4 Å². The van der Waals surface area contributed by atoms with Crippen molar-refractivity contribution in [3.05, 3.63) is 62.8 Å². The van der Waals surface area contributed by atoms with E-state index < -0.39 is 0 Å². The average molecular weight is 345 g/mol. The Kier molecular flexibility index (Phi) is 4.30. The van der Waals surface area contributed by atoms with E-state index in [1.165, 1.54) is 17.7 Å². The van der Waals surface area contributed by atoms with Crippen LogP contribution in [-0.2, 0) is 0 Å². The van der Waals surface area contributed by atoms with E-state index in [-0.39, 0.29) is 5.82 Å². The maximum Gasteiger partial charge on any atom is 0.123 e. The largest absolute Gasteiger partial charge is 0.381 e. The molecule has 0 aliphatic heterocycles. The molecule has 0 saturated heterocycles. The van der Waals surface area contributed by atoms with E-state index in [9.17, 15) is 4.39 Å². The maximum absolute atomic E-state index is 12.9. The summed E-state index contributed by atoms with van der Waals surface area (Å²) in [4.78, 5) is 0. The third kappa shape index (κ3) is 3.28. The smallest absolute Gasteiger partial charge is 0.123 e. The SMILES string of the molecule is Fc1ccc(C2CC(Nc3cc(Cl)c(Cl)cc3Cl)C2)cc1. The fourth-order valence-corrected chi connectivity index (χ4v) is 3.20. The molecule has 3 rings (SSSR count). The molecule has 1 fully saturated rings. The summed E-state index contributed by atoms with van der Waals surface area (Å²) in [6, 6.07) is 10.4. The maximum atomic E-state index is 12.9. The Labute approximate surface area is 138 Å². The zero-order valence-corrected chi connectivity index (χ0v) is 13.3. The molecule has 2 aromatic carbocycles. The van der Waals surface area contributed by atoms with Gasteiger partial charge in [-0.3, -0.25) is 0 Å². The molecule has 0 spiro atoms. The first-order valence-corrected chi connectivity index (χ1v) is 7.83. The van der Waals surface area contributed by atoms with Crippen molar-refractivity contribution >= 4 is 40.5 Å².